The highest BCUT2D eigenvalue weighted by molar-refractivity contribution is 5.96. The third kappa shape index (κ3) is 20.7. The van der Waals surface area contributed by atoms with Crippen LogP contribution >= 0.6 is 0 Å². The molecule has 1 aliphatic carbocycles. The van der Waals surface area contributed by atoms with E-state index in [1.165, 1.54) is 204 Å². The van der Waals surface area contributed by atoms with Gasteiger partial charge in [0.05, 0.1) is 82.3 Å². The van der Waals surface area contributed by atoms with Crippen LogP contribution in [-0.2, 0) is 40.7 Å². The average Bonchev–Trinajstić information content (AvgIpc) is 1.19. The molecule has 0 N–H and O–H groups in total. The number of hydrogen-bond acceptors (Lipinski definition) is 5. The van der Waals surface area contributed by atoms with E-state index >= 15 is 0 Å². The van der Waals surface area contributed by atoms with Crippen molar-refractivity contribution in [2.24, 2.45) is 35.2 Å². The van der Waals surface area contributed by atoms with Gasteiger partial charge < -0.3 is 0 Å². The first-order chi connectivity index (χ1) is 61.1. The van der Waals surface area contributed by atoms with E-state index in [1.54, 1.807) is 0 Å². The molecule has 10 aromatic heterocycles. The van der Waals surface area contributed by atoms with Crippen LogP contribution in [0.1, 0.15) is 321 Å². The Morgan fingerprint density at radius 2 is 0.643 bits per heavy atom. The molecule has 5 aromatic carbocycles. The van der Waals surface area contributed by atoms with Crippen LogP contribution in [0.4, 0.5) is 0 Å². The van der Waals surface area contributed by atoms with Gasteiger partial charge in [0.15, 0.2) is 28.9 Å². The summed E-state index contributed by atoms with van der Waals surface area (Å²) >= 11 is 0. The quantitative estimate of drug-likeness (QED) is 0.107. The van der Waals surface area contributed by atoms with Crippen molar-refractivity contribution in [2.75, 3.05) is 0 Å². The third-order valence-corrected chi connectivity index (χ3v) is 27.8. The molecule has 15 aromatic rings. The molecule has 0 radical (unpaired) electrons. The zero-order valence-electron chi connectivity index (χ0n) is 86.4. The van der Waals surface area contributed by atoms with E-state index in [0.717, 1.165) is 67.4 Å². The molecule has 0 aliphatic heterocycles. The summed E-state index contributed by atoms with van der Waals surface area (Å²) in [6.07, 6.45) is 5.90. The Balaban J connectivity index is 0.000000147. The van der Waals surface area contributed by atoms with E-state index in [0.29, 0.717) is 47.6 Å². The lowest BCUT2D eigenvalue weighted by molar-refractivity contribution is -0.665. The Labute approximate surface area is 776 Å². The smallest absolute Gasteiger partial charge is 0.222 e. The second-order valence-electron chi connectivity index (χ2n) is 40.9. The largest absolute Gasteiger partial charge is 0.252 e. The van der Waals surface area contributed by atoms with E-state index in [-0.39, 0.29) is 5.41 Å². The highest BCUT2D eigenvalue weighted by Gasteiger charge is 2.31. The van der Waals surface area contributed by atoms with Gasteiger partial charge in [-0.05, 0) is 293 Å². The second kappa shape index (κ2) is 39.7. The van der Waals surface area contributed by atoms with Gasteiger partial charge in [-0.2, -0.15) is 18.3 Å². The maximum atomic E-state index is 8.54. The molecule has 0 saturated heterocycles. The Hall–Kier alpha value is -11.1. The average molecular weight is 1720 g/mol. The summed E-state index contributed by atoms with van der Waals surface area (Å²) in [7, 11) is 10.6. The van der Waals surface area contributed by atoms with Gasteiger partial charge in [0.2, 0.25) is 28.5 Å². The number of benzene rings is 5. The number of nitrogens with zero attached hydrogens (tertiary/aromatic N) is 10. The third-order valence-electron chi connectivity index (χ3n) is 27.8. The van der Waals surface area contributed by atoms with Gasteiger partial charge in [0.25, 0.3) is 0 Å². The lowest BCUT2D eigenvalue weighted by Gasteiger charge is -2.22. The van der Waals surface area contributed by atoms with Crippen molar-refractivity contribution >= 4 is 54.5 Å². The number of rotatable bonds is 13. The second-order valence-corrected chi connectivity index (χ2v) is 40.9. The summed E-state index contributed by atoms with van der Waals surface area (Å²) in [5, 5.41) is 6.03. The number of pyridine rings is 10. The van der Waals surface area contributed by atoms with Crippen molar-refractivity contribution in [3.8, 4) is 56.3 Å². The number of hydrogen-bond donors (Lipinski definition) is 0. The molecule has 1 saturated carbocycles. The van der Waals surface area contributed by atoms with Gasteiger partial charge in [0.1, 0.15) is 36.6 Å². The van der Waals surface area contributed by atoms with Crippen molar-refractivity contribution in [1.82, 2.24) is 24.9 Å². The van der Waals surface area contributed by atoms with Crippen LogP contribution in [0.5, 0.6) is 0 Å². The first-order valence-electron chi connectivity index (χ1n) is 48.2. The fraction of sp³-hybridized carbons (Fsp3) is 0.412. The lowest BCUT2D eigenvalue weighted by Crippen LogP contribution is -2.35. The molecule has 1 aliphatic rings. The molecule has 16 rings (SSSR count). The fourth-order valence-electron chi connectivity index (χ4n) is 18.6. The van der Waals surface area contributed by atoms with Crippen LogP contribution < -0.4 is 22.8 Å². The maximum Gasteiger partial charge on any atom is 0.222 e. The molecule has 0 atom stereocenters. The Morgan fingerprint density at radius 3 is 1.02 bits per heavy atom. The van der Waals surface area contributed by atoms with Crippen LogP contribution in [0.3, 0.4) is 0 Å². The van der Waals surface area contributed by atoms with Gasteiger partial charge >= 0.3 is 0 Å². The molecule has 129 heavy (non-hydrogen) atoms. The number of fused-ring (bicyclic) bond motifs is 5. The van der Waals surface area contributed by atoms with Gasteiger partial charge in [-0.15, -0.1) is 0 Å². The highest BCUT2D eigenvalue weighted by atomic mass is 15.0. The summed E-state index contributed by atoms with van der Waals surface area (Å²) in [6.45, 7) is 68.5. The van der Waals surface area contributed by atoms with Crippen molar-refractivity contribution < 1.29 is 24.2 Å². The standard InChI is InChI=1S/C26H33N2.2C25H33N2.C22H27N2.C21H25N2/c1-16(2)24-12-11-22-25(27-24)14-18(4)28(6)26(22)23-15-21(13-17(3)19(23)5)20-9-7-8-10-20;1-15(2)22-11-10-20-23(26-22)13-17(4)27(9)24(20)21-14-19(25(6,7)8)12-16(3)18(21)5;1-15(2)19-13-21(16(3)4)18(7)22(14-19)25-20-9-10-23(17(5)6)26-24(20)11-12-27(25)8;1-13(2)20-9-8-18-21(23-20)12-16(5)24(7)22(18)19-11-14(3)10-15(4)17(19)6;1-13(2)19-10-9-17-20(22-19)12-16(5)23(6)21(17)18-11-14(3)7-8-15(18)4/h11-16,20H,7-10H2,1-6H3;10-15H,1-9H3;9-17H,1-8H3;8-13H,1-7H3;7-13H,1-6H3/q5*+1/i;;12D;;. The zero-order chi connectivity index (χ0) is 95.2. The number of aromatic nitrogens is 10. The predicted molar refractivity (Wildman–Crippen MR) is 547 cm³/mol. The molecule has 0 bridgehead atoms. The molecule has 10 heterocycles. The molecule has 0 amide bonds. The summed E-state index contributed by atoms with van der Waals surface area (Å²) in [6, 6.07) is 58.3. The summed E-state index contributed by atoms with van der Waals surface area (Å²) < 4.78 is 19.8. The van der Waals surface area contributed by atoms with Gasteiger partial charge in [-0.3, -0.25) is 24.9 Å². The van der Waals surface area contributed by atoms with Crippen LogP contribution in [0, 0.1) is 96.9 Å². The normalized spacial score (nSPS) is 12.6. The minimum atomic E-state index is 0.120. The Kier molecular flexibility index (Phi) is 29.4. The summed E-state index contributed by atoms with van der Waals surface area (Å²) in [5.41, 5.74) is 47.7. The lowest BCUT2D eigenvalue weighted by atomic mass is 9.83. The Morgan fingerprint density at radius 1 is 0.302 bits per heavy atom. The van der Waals surface area contributed by atoms with Gasteiger partial charge in [-0.25, -0.2) is 4.57 Å². The highest BCUT2D eigenvalue weighted by Crippen LogP contribution is 2.43. The minimum Gasteiger partial charge on any atom is -0.252 e. The van der Waals surface area contributed by atoms with Crippen LogP contribution in [0.15, 0.2) is 164 Å². The van der Waals surface area contributed by atoms with Crippen LogP contribution in [0.25, 0.3) is 111 Å². The molecule has 1 fully saturated rings. The van der Waals surface area contributed by atoms with Gasteiger partial charge in [0, 0.05) is 86.5 Å². The van der Waals surface area contributed by atoms with E-state index in [4.69, 9.17) is 26.3 Å². The van der Waals surface area contributed by atoms with E-state index in [9.17, 15) is 0 Å². The Bertz CT molecular complexity index is 6820. The molecule has 0 unspecified atom stereocenters. The molecule has 0 spiro atoms. The molecular formula is C119H151N10+5. The zero-order valence-corrected chi connectivity index (χ0v) is 85.4. The SMILES string of the molecule is Cc1cc(C(C)(C)C)cc(-c2c3ccc(C(C)C)nc3cc(C)[n+]2C)c1C.Cc1cc(C)c(C)c(-c2c3ccc(C(C)C)nc3cc(C)[n+]2C)c1.Cc1cc(C2CCCC2)cc(-c2c3ccc(C(C)C)nc3cc(C)[n+]2C)c1C.Cc1ccc(C)c(-c2c3ccc(C(C)C)nc3cc(C)[n+]2C)c1.[2H]c1cc2nc(C(C)C)ccc2c(-c2cc(C(C)C)cc(C(C)C)c2C)[n+]1C. The number of aryl methyl sites for hydroxylation is 10. The predicted octanol–water partition coefficient (Wildman–Crippen LogP) is 28.8. The minimum absolute atomic E-state index is 0.120. The maximum absolute atomic E-state index is 8.54. The van der Waals surface area contributed by atoms with Crippen LogP contribution in [-0.4, -0.2) is 24.9 Å². The first-order valence-corrected chi connectivity index (χ1v) is 47.7. The van der Waals surface area contributed by atoms with Gasteiger partial charge in [-0.1, -0.05) is 178 Å². The topological polar surface area (TPSA) is 83.8 Å². The van der Waals surface area contributed by atoms with Crippen LogP contribution in [0.2, 0.25) is 0 Å². The van der Waals surface area contributed by atoms with Crippen molar-refractivity contribution in [3.05, 3.63) is 293 Å². The van der Waals surface area contributed by atoms with E-state index in [2.05, 4.69) is 413 Å². The van der Waals surface area contributed by atoms with E-state index < -0.39 is 0 Å². The first kappa shape index (κ1) is 95.5. The summed E-state index contributed by atoms with van der Waals surface area (Å²) in [4.78, 5) is 24.7. The molecule has 672 valence electrons. The monoisotopic (exact) mass is 1720 g/mol. The summed E-state index contributed by atoms with van der Waals surface area (Å²) in [5.74, 6) is 3.77. The van der Waals surface area contributed by atoms with E-state index in [1.807, 2.05) is 17.7 Å². The molecular weight excluding hydrogens is 1570 g/mol. The van der Waals surface area contributed by atoms with Crippen molar-refractivity contribution in [2.45, 2.75) is 293 Å². The fourth-order valence-corrected chi connectivity index (χ4v) is 18.6. The molecule has 10 nitrogen and oxygen atoms in total. The van der Waals surface area contributed by atoms with Crippen molar-refractivity contribution in [1.29, 1.82) is 0 Å². The molecule has 10 heteroatoms. The van der Waals surface area contributed by atoms with Crippen molar-refractivity contribution in [3.63, 3.8) is 0 Å².